The lowest BCUT2D eigenvalue weighted by Gasteiger charge is -2.09. The normalized spacial score (nSPS) is 11.1. The van der Waals surface area contributed by atoms with Gasteiger partial charge in [-0.3, -0.25) is 4.79 Å². The molecule has 0 saturated carbocycles. The number of nitrogens with one attached hydrogen (secondary N) is 2. The van der Waals surface area contributed by atoms with Gasteiger partial charge < -0.3 is 10.6 Å². The van der Waals surface area contributed by atoms with Crippen LogP contribution in [0.2, 0.25) is 0 Å². The Hall–Kier alpha value is -2.48. The van der Waals surface area contributed by atoms with Crippen LogP contribution in [0, 0.1) is 0 Å². The van der Waals surface area contributed by atoms with Crippen molar-refractivity contribution in [2.24, 2.45) is 0 Å². The Kier molecular flexibility index (Phi) is 4.52. The molecule has 120 valence electrons. The molecule has 7 nitrogen and oxygen atoms in total. The highest BCUT2D eigenvalue weighted by Gasteiger charge is 2.10. The number of hydrogen-bond acceptors (Lipinski definition) is 6. The first-order chi connectivity index (χ1) is 11.1. The average molecular weight is 330 g/mol. The molecule has 2 N–H and O–H groups in total. The summed E-state index contributed by atoms with van der Waals surface area (Å²) < 4.78 is 1.71. The van der Waals surface area contributed by atoms with Crippen LogP contribution in [0.25, 0.3) is 17.0 Å². The van der Waals surface area contributed by atoms with Crippen LogP contribution in [0.3, 0.4) is 0 Å². The average Bonchev–Trinajstić information content (AvgIpc) is 3.14. The number of carbonyl (C=O) groups excluding carboxylic acids is 1. The molecule has 0 bridgehead atoms. The number of anilines is 1. The third kappa shape index (κ3) is 3.65. The Balaban J connectivity index is 1.70. The predicted molar refractivity (Wildman–Crippen MR) is 90.5 cm³/mol. The van der Waals surface area contributed by atoms with Gasteiger partial charge in [-0.15, -0.1) is 15.3 Å². The summed E-state index contributed by atoms with van der Waals surface area (Å²) in [5.74, 6) is 1.42. The fraction of sp³-hybridized carbons (Fsp3) is 0.333. The van der Waals surface area contributed by atoms with Gasteiger partial charge >= 0.3 is 0 Å². The number of carbonyl (C=O) groups is 1. The highest BCUT2D eigenvalue weighted by atomic mass is 32.1. The maximum Gasteiger partial charge on any atom is 0.221 e. The second-order valence-electron chi connectivity index (χ2n) is 5.42. The lowest BCUT2D eigenvalue weighted by atomic mass is 10.3. The molecule has 0 spiro atoms. The topological polar surface area (TPSA) is 84.2 Å². The van der Waals surface area contributed by atoms with Crippen molar-refractivity contribution in [3.63, 3.8) is 0 Å². The van der Waals surface area contributed by atoms with Gasteiger partial charge in [-0.1, -0.05) is 0 Å². The van der Waals surface area contributed by atoms with Gasteiger partial charge in [0.15, 0.2) is 11.5 Å². The quantitative estimate of drug-likeness (QED) is 0.724. The van der Waals surface area contributed by atoms with Crippen molar-refractivity contribution in [2.75, 3.05) is 11.9 Å². The Morgan fingerprint density at radius 3 is 2.91 bits per heavy atom. The van der Waals surface area contributed by atoms with E-state index in [0.717, 1.165) is 5.56 Å². The molecule has 23 heavy (non-hydrogen) atoms. The van der Waals surface area contributed by atoms with Crippen molar-refractivity contribution in [1.29, 1.82) is 0 Å². The molecule has 3 aromatic rings. The van der Waals surface area contributed by atoms with Gasteiger partial charge in [-0.05, 0) is 37.4 Å². The Labute approximate surface area is 137 Å². The van der Waals surface area contributed by atoms with E-state index in [1.165, 1.54) is 0 Å². The first-order valence-electron chi connectivity index (χ1n) is 7.42. The van der Waals surface area contributed by atoms with Crippen molar-refractivity contribution in [2.45, 2.75) is 26.3 Å². The van der Waals surface area contributed by atoms with Crippen LogP contribution in [0.4, 0.5) is 5.82 Å². The smallest absolute Gasteiger partial charge is 0.221 e. The molecule has 1 amide bonds. The van der Waals surface area contributed by atoms with E-state index in [1.807, 2.05) is 42.8 Å². The number of amides is 1. The molecule has 0 saturated heterocycles. The summed E-state index contributed by atoms with van der Waals surface area (Å²) in [5, 5.41) is 22.8. The predicted octanol–water partition coefficient (Wildman–Crippen LogP) is 2.18. The van der Waals surface area contributed by atoms with Gasteiger partial charge in [0.05, 0.1) is 0 Å². The van der Waals surface area contributed by atoms with Crippen molar-refractivity contribution in [3.05, 3.63) is 29.0 Å². The number of rotatable bonds is 6. The van der Waals surface area contributed by atoms with Crippen molar-refractivity contribution in [3.8, 4) is 11.4 Å². The zero-order chi connectivity index (χ0) is 16.2. The zero-order valence-corrected chi connectivity index (χ0v) is 13.8. The van der Waals surface area contributed by atoms with Gasteiger partial charge in [-0.2, -0.15) is 15.9 Å². The van der Waals surface area contributed by atoms with E-state index in [-0.39, 0.29) is 11.9 Å². The first kappa shape index (κ1) is 15.4. The molecule has 3 heterocycles. The fourth-order valence-corrected chi connectivity index (χ4v) is 2.79. The molecule has 0 radical (unpaired) electrons. The van der Waals surface area contributed by atoms with Crippen molar-refractivity contribution in [1.82, 2.24) is 25.1 Å². The summed E-state index contributed by atoms with van der Waals surface area (Å²) in [4.78, 5) is 11.6. The van der Waals surface area contributed by atoms with Gasteiger partial charge in [0.1, 0.15) is 5.82 Å². The van der Waals surface area contributed by atoms with Gasteiger partial charge in [0.25, 0.3) is 0 Å². The molecule has 3 aromatic heterocycles. The van der Waals surface area contributed by atoms with E-state index >= 15 is 0 Å². The van der Waals surface area contributed by atoms with Gasteiger partial charge in [0, 0.05) is 30.0 Å². The monoisotopic (exact) mass is 330 g/mol. The highest BCUT2D eigenvalue weighted by molar-refractivity contribution is 7.08. The lowest BCUT2D eigenvalue weighted by molar-refractivity contribution is -0.121. The standard InChI is InChI=1S/C15H18N6OS/c1-10(2)17-14(22)5-7-16-12-3-4-13-18-19-15(21(13)20-12)11-6-8-23-9-11/h3-4,6,8-10H,5,7H2,1-2H3,(H,16,20)(H,17,22). The number of aromatic nitrogens is 4. The highest BCUT2D eigenvalue weighted by Crippen LogP contribution is 2.20. The van der Waals surface area contributed by atoms with E-state index in [0.29, 0.717) is 30.3 Å². The summed E-state index contributed by atoms with van der Waals surface area (Å²) in [7, 11) is 0. The summed E-state index contributed by atoms with van der Waals surface area (Å²) in [5.41, 5.74) is 1.68. The van der Waals surface area contributed by atoms with Crippen LogP contribution in [-0.4, -0.2) is 38.3 Å². The van der Waals surface area contributed by atoms with Gasteiger partial charge in [-0.25, -0.2) is 0 Å². The lowest BCUT2D eigenvalue weighted by Crippen LogP contribution is -2.31. The summed E-state index contributed by atoms with van der Waals surface area (Å²) >= 11 is 1.60. The van der Waals surface area contributed by atoms with Crippen molar-refractivity contribution < 1.29 is 4.79 Å². The Morgan fingerprint density at radius 1 is 1.30 bits per heavy atom. The maximum atomic E-state index is 11.6. The second kappa shape index (κ2) is 6.74. The molecule has 0 aliphatic carbocycles. The van der Waals surface area contributed by atoms with Crippen LogP contribution in [0.15, 0.2) is 29.0 Å². The molecule has 8 heteroatoms. The molecule has 0 unspecified atom stereocenters. The van der Waals surface area contributed by atoms with Crippen LogP contribution in [0.1, 0.15) is 20.3 Å². The van der Waals surface area contributed by atoms with Crippen molar-refractivity contribution >= 4 is 28.7 Å². The number of thiophene rings is 1. The van der Waals surface area contributed by atoms with Crippen LogP contribution >= 0.6 is 11.3 Å². The first-order valence-corrected chi connectivity index (χ1v) is 8.36. The van der Waals surface area contributed by atoms with E-state index < -0.39 is 0 Å². The zero-order valence-electron chi connectivity index (χ0n) is 13.0. The molecule has 0 aliphatic heterocycles. The van der Waals surface area contributed by atoms with E-state index in [4.69, 9.17) is 0 Å². The van der Waals surface area contributed by atoms with E-state index in [2.05, 4.69) is 25.9 Å². The molecule has 0 aromatic carbocycles. The second-order valence-corrected chi connectivity index (χ2v) is 6.20. The minimum atomic E-state index is 0.0248. The summed E-state index contributed by atoms with van der Waals surface area (Å²) in [6.45, 7) is 4.41. The van der Waals surface area contributed by atoms with Crippen LogP contribution < -0.4 is 10.6 Å². The molecule has 0 atom stereocenters. The summed E-state index contributed by atoms with van der Waals surface area (Å²) in [6.07, 6.45) is 0.400. The molecule has 3 rings (SSSR count). The molecular weight excluding hydrogens is 312 g/mol. The summed E-state index contributed by atoms with van der Waals surface area (Å²) in [6, 6.07) is 5.83. The molecular formula is C15H18N6OS. The van der Waals surface area contributed by atoms with E-state index in [9.17, 15) is 4.79 Å². The van der Waals surface area contributed by atoms with Crippen LogP contribution in [-0.2, 0) is 4.79 Å². The third-order valence-corrected chi connectivity index (χ3v) is 3.83. The number of hydrogen-bond donors (Lipinski definition) is 2. The minimum absolute atomic E-state index is 0.0248. The van der Waals surface area contributed by atoms with E-state index in [1.54, 1.807) is 15.9 Å². The molecule has 0 aliphatic rings. The Bertz CT molecular complexity index is 796. The number of nitrogens with zero attached hydrogens (tertiary/aromatic N) is 4. The minimum Gasteiger partial charge on any atom is -0.368 e. The fourth-order valence-electron chi connectivity index (χ4n) is 2.15. The maximum absolute atomic E-state index is 11.6. The SMILES string of the molecule is CC(C)NC(=O)CCNc1ccc2nnc(-c3ccsc3)n2n1. The number of fused-ring (bicyclic) bond motifs is 1. The van der Waals surface area contributed by atoms with Gasteiger partial charge in [0.2, 0.25) is 5.91 Å². The largest absolute Gasteiger partial charge is 0.368 e. The van der Waals surface area contributed by atoms with Crippen LogP contribution in [0.5, 0.6) is 0 Å². The third-order valence-electron chi connectivity index (χ3n) is 3.15. The molecule has 0 fully saturated rings. The Morgan fingerprint density at radius 2 is 2.17 bits per heavy atom.